The number of benzene rings is 2. The predicted molar refractivity (Wildman–Crippen MR) is 107 cm³/mol. The molecule has 0 fully saturated rings. The van der Waals surface area contributed by atoms with Crippen LogP contribution in [-0.2, 0) is 16.0 Å². The molecule has 0 radical (unpaired) electrons. The zero-order valence-corrected chi connectivity index (χ0v) is 16.2. The zero-order valence-electron chi connectivity index (χ0n) is 16.2. The first kappa shape index (κ1) is 19.4. The third-order valence-electron chi connectivity index (χ3n) is 4.50. The molecule has 2 aromatic carbocycles. The summed E-state index contributed by atoms with van der Waals surface area (Å²) in [4.78, 5) is 39.9. The predicted octanol–water partition coefficient (Wildman–Crippen LogP) is 2.31. The first-order valence-electron chi connectivity index (χ1n) is 9.06. The van der Waals surface area contributed by atoms with Crippen molar-refractivity contribution >= 4 is 29.1 Å². The summed E-state index contributed by atoms with van der Waals surface area (Å²) in [6, 6.07) is 12.4. The van der Waals surface area contributed by atoms with Gasteiger partial charge in [0.25, 0.3) is 11.8 Å². The fourth-order valence-corrected chi connectivity index (χ4v) is 2.93. The van der Waals surface area contributed by atoms with E-state index in [0.29, 0.717) is 22.7 Å². The Balaban J connectivity index is 1.79. The molecule has 0 bridgehead atoms. The van der Waals surface area contributed by atoms with Crippen LogP contribution in [-0.4, -0.2) is 49.9 Å². The van der Waals surface area contributed by atoms with Crippen LogP contribution in [0.4, 0.5) is 11.4 Å². The summed E-state index contributed by atoms with van der Waals surface area (Å²) >= 11 is 0. The summed E-state index contributed by atoms with van der Waals surface area (Å²) in [5.41, 5.74) is 2.68. The fourth-order valence-electron chi connectivity index (χ4n) is 2.93. The summed E-state index contributed by atoms with van der Waals surface area (Å²) in [7, 11) is 3.30. The van der Waals surface area contributed by atoms with Crippen molar-refractivity contribution in [1.82, 2.24) is 4.90 Å². The lowest BCUT2D eigenvalue weighted by molar-refractivity contribution is -0.123. The summed E-state index contributed by atoms with van der Waals surface area (Å²) in [6.07, 6.45) is 0.918. The second kappa shape index (κ2) is 8.12. The maximum Gasteiger partial charge on any atom is 0.265 e. The van der Waals surface area contributed by atoms with Crippen LogP contribution in [0.5, 0.6) is 5.75 Å². The third-order valence-corrected chi connectivity index (χ3v) is 4.50. The van der Waals surface area contributed by atoms with Crippen LogP contribution in [0.25, 0.3) is 0 Å². The van der Waals surface area contributed by atoms with E-state index >= 15 is 0 Å². The van der Waals surface area contributed by atoms with Gasteiger partial charge < -0.3 is 15.0 Å². The lowest BCUT2D eigenvalue weighted by Crippen LogP contribution is -2.43. The number of nitrogens with zero attached hydrogens (tertiary/aromatic N) is 2. The Morgan fingerprint density at radius 2 is 1.86 bits per heavy atom. The molecule has 1 aliphatic rings. The lowest BCUT2D eigenvalue weighted by Gasteiger charge is -2.29. The number of rotatable bonds is 5. The van der Waals surface area contributed by atoms with E-state index in [1.54, 1.807) is 32.3 Å². The van der Waals surface area contributed by atoms with Crippen LogP contribution in [0, 0.1) is 0 Å². The van der Waals surface area contributed by atoms with Gasteiger partial charge in [-0.05, 0) is 42.3 Å². The molecule has 3 amide bonds. The Hall–Kier alpha value is -3.35. The van der Waals surface area contributed by atoms with Crippen molar-refractivity contribution in [2.24, 2.45) is 0 Å². The number of carbonyl (C=O) groups is 3. The van der Waals surface area contributed by atoms with Gasteiger partial charge >= 0.3 is 0 Å². The van der Waals surface area contributed by atoms with Gasteiger partial charge in [0.05, 0.1) is 5.69 Å². The Labute approximate surface area is 163 Å². The minimum atomic E-state index is -0.335. The van der Waals surface area contributed by atoms with Gasteiger partial charge in [0.1, 0.15) is 12.3 Å². The highest BCUT2D eigenvalue weighted by Gasteiger charge is 2.28. The van der Waals surface area contributed by atoms with Gasteiger partial charge in [0.2, 0.25) is 5.91 Å². The molecule has 0 spiro atoms. The van der Waals surface area contributed by atoms with Crippen LogP contribution >= 0.6 is 0 Å². The molecule has 0 aromatic heterocycles. The first-order valence-corrected chi connectivity index (χ1v) is 9.06. The minimum absolute atomic E-state index is 0.146. The molecular weight excluding hydrogens is 358 g/mol. The number of fused-ring (bicyclic) bond motifs is 1. The number of carbonyl (C=O) groups excluding carboxylic acids is 3. The molecule has 0 saturated heterocycles. The van der Waals surface area contributed by atoms with Crippen molar-refractivity contribution in [3.63, 3.8) is 0 Å². The number of hydrogen-bond acceptors (Lipinski definition) is 4. The molecule has 0 unspecified atom stereocenters. The monoisotopic (exact) mass is 381 g/mol. The zero-order chi connectivity index (χ0) is 20.3. The second-order valence-electron chi connectivity index (χ2n) is 6.75. The number of aryl methyl sites for hydroxylation is 1. The van der Waals surface area contributed by atoms with Crippen molar-refractivity contribution in [3.05, 3.63) is 53.6 Å². The molecule has 0 saturated carbocycles. The van der Waals surface area contributed by atoms with Crippen molar-refractivity contribution in [2.75, 3.05) is 37.5 Å². The molecule has 2 aromatic rings. The average molecular weight is 381 g/mol. The minimum Gasteiger partial charge on any atom is -0.482 e. The van der Waals surface area contributed by atoms with E-state index < -0.39 is 0 Å². The topological polar surface area (TPSA) is 79.0 Å². The fraction of sp³-hybridized carbons (Fsp3) is 0.286. The van der Waals surface area contributed by atoms with Gasteiger partial charge in [-0.15, -0.1) is 0 Å². The highest BCUT2D eigenvalue weighted by atomic mass is 16.5. The van der Waals surface area contributed by atoms with Crippen molar-refractivity contribution in [1.29, 1.82) is 0 Å². The van der Waals surface area contributed by atoms with E-state index in [9.17, 15) is 14.4 Å². The first-order chi connectivity index (χ1) is 13.4. The molecule has 1 N–H and O–H groups in total. The highest BCUT2D eigenvalue weighted by molar-refractivity contribution is 6.06. The molecule has 146 valence electrons. The van der Waals surface area contributed by atoms with Crippen LogP contribution < -0.4 is 15.0 Å². The molecule has 3 rings (SSSR count). The van der Waals surface area contributed by atoms with Crippen molar-refractivity contribution in [2.45, 2.75) is 13.3 Å². The van der Waals surface area contributed by atoms with Crippen LogP contribution in [0.15, 0.2) is 42.5 Å². The average Bonchev–Trinajstić information content (AvgIpc) is 2.69. The summed E-state index contributed by atoms with van der Waals surface area (Å²) < 4.78 is 5.44. The smallest absolute Gasteiger partial charge is 0.265 e. The van der Waals surface area contributed by atoms with E-state index in [-0.39, 0.29) is 30.9 Å². The SMILES string of the molecule is CCc1ccc(NC(=O)CN2C(=O)COc3ccc(C(=O)N(C)C)cc32)cc1. The van der Waals surface area contributed by atoms with Gasteiger partial charge in [-0.25, -0.2) is 0 Å². The molecule has 7 nitrogen and oxygen atoms in total. The van der Waals surface area contributed by atoms with Gasteiger partial charge in [0, 0.05) is 25.3 Å². The van der Waals surface area contributed by atoms with E-state index in [1.165, 1.54) is 15.4 Å². The molecule has 0 aliphatic carbocycles. The van der Waals surface area contributed by atoms with Crippen LogP contribution in [0.3, 0.4) is 0 Å². The van der Waals surface area contributed by atoms with Gasteiger partial charge in [-0.3, -0.25) is 19.3 Å². The second-order valence-corrected chi connectivity index (χ2v) is 6.75. The largest absolute Gasteiger partial charge is 0.482 e. The van der Waals surface area contributed by atoms with Crippen molar-refractivity contribution < 1.29 is 19.1 Å². The molecule has 7 heteroatoms. The van der Waals surface area contributed by atoms with E-state index in [1.807, 2.05) is 24.3 Å². The number of amides is 3. The van der Waals surface area contributed by atoms with Crippen LogP contribution in [0.1, 0.15) is 22.8 Å². The van der Waals surface area contributed by atoms with Crippen molar-refractivity contribution in [3.8, 4) is 5.75 Å². The molecular formula is C21H23N3O4. The van der Waals surface area contributed by atoms with Gasteiger partial charge in [0.15, 0.2) is 6.61 Å². The molecule has 28 heavy (non-hydrogen) atoms. The summed E-state index contributed by atoms with van der Waals surface area (Å²) in [5.74, 6) is -0.385. The summed E-state index contributed by atoms with van der Waals surface area (Å²) in [6.45, 7) is 1.75. The maximum absolute atomic E-state index is 12.5. The Morgan fingerprint density at radius 3 is 2.50 bits per heavy atom. The number of hydrogen-bond donors (Lipinski definition) is 1. The normalized spacial score (nSPS) is 12.8. The quantitative estimate of drug-likeness (QED) is 0.862. The highest BCUT2D eigenvalue weighted by Crippen LogP contribution is 2.33. The maximum atomic E-state index is 12.5. The Kier molecular flexibility index (Phi) is 5.63. The standard InChI is InChI=1S/C21H23N3O4/c1-4-14-5-8-16(9-6-14)22-19(25)12-24-17-11-15(21(27)23(2)3)7-10-18(17)28-13-20(24)26/h5-11H,4,12-13H2,1-3H3,(H,22,25). The molecule has 0 atom stereocenters. The Morgan fingerprint density at radius 1 is 1.14 bits per heavy atom. The molecule has 1 heterocycles. The van der Waals surface area contributed by atoms with E-state index in [2.05, 4.69) is 12.2 Å². The summed E-state index contributed by atoms with van der Waals surface area (Å²) in [5, 5.41) is 2.80. The number of anilines is 2. The van der Waals surface area contributed by atoms with Gasteiger partial charge in [-0.1, -0.05) is 19.1 Å². The van der Waals surface area contributed by atoms with Gasteiger partial charge in [-0.2, -0.15) is 0 Å². The Bertz CT molecular complexity index is 906. The number of nitrogens with one attached hydrogen (secondary N) is 1. The lowest BCUT2D eigenvalue weighted by atomic mass is 10.1. The van der Waals surface area contributed by atoms with E-state index in [4.69, 9.17) is 4.74 Å². The molecule has 1 aliphatic heterocycles. The van der Waals surface area contributed by atoms with Crippen LogP contribution in [0.2, 0.25) is 0 Å². The number of ether oxygens (including phenoxy) is 1. The third kappa shape index (κ3) is 4.14. The van der Waals surface area contributed by atoms with E-state index in [0.717, 1.165) is 6.42 Å².